The molecule has 4 heteroatoms. The molecule has 1 aromatic carbocycles. The van der Waals surface area contributed by atoms with Crippen molar-refractivity contribution in [3.05, 3.63) is 35.1 Å². The lowest BCUT2D eigenvalue weighted by Crippen LogP contribution is -1.97. The summed E-state index contributed by atoms with van der Waals surface area (Å²) in [5.41, 5.74) is 0.162. The van der Waals surface area contributed by atoms with Gasteiger partial charge in [0.1, 0.15) is 5.82 Å². The van der Waals surface area contributed by atoms with Gasteiger partial charge in [0.25, 0.3) is 0 Å². The molecule has 1 rings (SSSR count). The molecule has 0 saturated heterocycles. The van der Waals surface area contributed by atoms with E-state index in [1.165, 1.54) is 12.1 Å². The van der Waals surface area contributed by atoms with Gasteiger partial charge < -0.3 is 5.11 Å². The van der Waals surface area contributed by atoms with Crippen LogP contribution in [0.5, 0.6) is 0 Å². The van der Waals surface area contributed by atoms with Crippen molar-refractivity contribution in [2.75, 3.05) is 5.33 Å². The van der Waals surface area contributed by atoms with Gasteiger partial charge in [0.2, 0.25) is 0 Å². The van der Waals surface area contributed by atoms with Crippen LogP contribution in [0.15, 0.2) is 18.2 Å². The van der Waals surface area contributed by atoms with Crippen LogP contribution in [0, 0.1) is 17.7 Å². The molecular weight excluding hydrogens is 263 g/mol. The third kappa shape index (κ3) is 3.37. The minimum atomic E-state index is -1.08. The molecular formula is C11H8BrFO2. The maximum absolute atomic E-state index is 13.2. The Morgan fingerprint density at radius 3 is 2.87 bits per heavy atom. The van der Waals surface area contributed by atoms with Crippen LogP contribution in [0.3, 0.4) is 0 Å². The van der Waals surface area contributed by atoms with Crippen molar-refractivity contribution in [3.63, 3.8) is 0 Å². The smallest absolute Gasteiger partial charge is 0.335 e. The molecule has 0 aromatic heterocycles. The second kappa shape index (κ2) is 5.52. The van der Waals surface area contributed by atoms with Crippen molar-refractivity contribution in [3.8, 4) is 11.8 Å². The lowest BCUT2D eigenvalue weighted by Gasteiger charge is -1.97. The predicted octanol–water partition coefficient (Wildman–Crippen LogP) is 2.66. The van der Waals surface area contributed by atoms with Gasteiger partial charge in [0.15, 0.2) is 0 Å². The van der Waals surface area contributed by atoms with E-state index >= 15 is 0 Å². The number of benzene rings is 1. The van der Waals surface area contributed by atoms with E-state index in [-0.39, 0.29) is 11.1 Å². The van der Waals surface area contributed by atoms with Gasteiger partial charge in [0, 0.05) is 11.8 Å². The second-order valence-electron chi connectivity index (χ2n) is 2.74. The quantitative estimate of drug-likeness (QED) is 0.663. The summed E-state index contributed by atoms with van der Waals surface area (Å²) >= 11 is 3.19. The van der Waals surface area contributed by atoms with Gasteiger partial charge in [-0.1, -0.05) is 27.8 Å². The lowest BCUT2D eigenvalue weighted by molar-refractivity contribution is 0.0697. The van der Waals surface area contributed by atoms with Crippen LogP contribution in [0.4, 0.5) is 4.39 Å². The Kier molecular flexibility index (Phi) is 4.32. The number of carbonyl (C=O) groups is 1. The number of aromatic carboxylic acids is 1. The third-order valence-electron chi connectivity index (χ3n) is 1.66. The zero-order chi connectivity index (χ0) is 11.3. The summed E-state index contributed by atoms with van der Waals surface area (Å²) in [6.45, 7) is 0. The Hall–Kier alpha value is -1.34. The maximum Gasteiger partial charge on any atom is 0.335 e. The van der Waals surface area contributed by atoms with E-state index in [1.807, 2.05) is 0 Å². The fourth-order valence-electron chi connectivity index (χ4n) is 0.959. The van der Waals surface area contributed by atoms with Gasteiger partial charge in [-0.25, -0.2) is 9.18 Å². The number of carboxylic acids is 1. The molecule has 0 aliphatic rings. The predicted molar refractivity (Wildman–Crippen MR) is 58.6 cm³/mol. The van der Waals surface area contributed by atoms with Gasteiger partial charge in [0.05, 0.1) is 11.1 Å². The molecule has 0 atom stereocenters. The molecule has 0 aliphatic carbocycles. The van der Waals surface area contributed by atoms with Crippen LogP contribution >= 0.6 is 15.9 Å². The molecule has 1 aromatic rings. The number of halogens is 2. The highest BCUT2D eigenvalue weighted by atomic mass is 79.9. The molecule has 0 spiro atoms. The summed E-state index contributed by atoms with van der Waals surface area (Å²) in [6.07, 6.45) is 0.594. The Balaban J connectivity index is 3.02. The second-order valence-corrected chi connectivity index (χ2v) is 3.53. The van der Waals surface area contributed by atoms with Crippen molar-refractivity contribution in [1.29, 1.82) is 0 Å². The summed E-state index contributed by atoms with van der Waals surface area (Å²) in [4.78, 5) is 10.6. The van der Waals surface area contributed by atoms with Crippen LogP contribution in [0.2, 0.25) is 0 Å². The first kappa shape index (κ1) is 11.7. The van der Waals surface area contributed by atoms with Crippen LogP contribution < -0.4 is 0 Å². The largest absolute Gasteiger partial charge is 0.478 e. The van der Waals surface area contributed by atoms with Gasteiger partial charge >= 0.3 is 5.97 Å². The lowest BCUT2D eigenvalue weighted by atomic mass is 10.1. The van der Waals surface area contributed by atoms with E-state index < -0.39 is 11.8 Å². The highest BCUT2D eigenvalue weighted by Gasteiger charge is 2.06. The van der Waals surface area contributed by atoms with Crippen molar-refractivity contribution in [2.45, 2.75) is 6.42 Å². The summed E-state index contributed by atoms with van der Waals surface area (Å²) < 4.78 is 13.2. The van der Waals surface area contributed by atoms with Crippen LogP contribution in [0.25, 0.3) is 0 Å². The molecule has 0 radical (unpaired) electrons. The highest BCUT2D eigenvalue weighted by Crippen LogP contribution is 2.09. The minimum absolute atomic E-state index is 0.0412. The molecule has 0 heterocycles. The Labute approximate surface area is 95.2 Å². The third-order valence-corrected chi connectivity index (χ3v) is 2.05. The van der Waals surface area contributed by atoms with Gasteiger partial charge in [-0.3, -0.25) is 0 Å². The highest BCUT2D eigenvalue weighted by molar-refractivity contribution is 9.09. The van der Waals surface area contributed by atoms with E-state index in [0.717, 1.165) is 6.07 Å². The minimum Gasteiger partial charge on any atom is -0.478 e. The Morgan fingerprint density at radius 2 is 2.27 bits per heavy atom. The number of hydrogen-bond acceptors (Lipinski definition) is 1. The summed E-state index contributed by atoms with van der Waals surface area (Å²) in [6, 6.07) is 3.56. The van der Waals surface area contributed by atoms with E-state index in [9.17, 15) is 9.18 Å². The number of hydrogen-bond donors (Lipinski definition) is 1. The molecule has 2 nitrogen and oxygen atoms in total. The molecule has 0 unspecified atom stereocenters. The molecule has 78 valence electrons. The first-order chi connectivity index (χ1) is 7.15. The molecule has 0 amide bonds. The summed E-state index contributed by atoms with van der Waals surface area (Å²) in [5, 5.41) is 9.40. The van der Waals surface area contributed by atoms with Crippen molar-refractivity contribution < 1.29 is 14.3 Å². The average Bonchev–Trinajstić information content (AvgIpc) is 2.20. The summed E-state index contributed by atoms with van der Waals surface area (Å²) in [7, 11) is 0. The van der Waals surface area contributed by atoms with E-state index in [0.29, 0.717) is 11.8 Å². The van der Waals surface area contributed by atoms with Gasteiger partial charge in [-0.05, 0) is 18.2 Å². The fourth-order valence-corrected chi connectivity index (χ4v) is 1.16. The zero-order valence-electron chi connectivity index (χ0n) is 7.76. The molecule has 15 heavy (non-hydrogen) atoms. The van der Waals surface area contributed by atoms with Crippen LogP contribution in [-0.4, -0.2) is 16.4 Å². The van der Waals surface area contributed by atoms with Crippen LogP contribution in [-0.2, 0) is 0 Å². The van der Waals surface area contributed by atoms with E-state index in [2.05, 4.69) is 27.8 Å². The van der Waals surface area contributed by atoms with Gasteiger partial charge in [-0.2, -0.15) is 0 Å². The Morgan fingerprint density at radius 1 is 1.53 bits per heavy atom. The molecule has 0 aliphatic heterocycles. The molecule has 0 bridgehead atoms. The standard InChI is InChI=1S/C11H8BrFO2/c12-6-2-1-3-8-7-9(11(14)15)4-5-10(8)13/h4-5,7H,2,6H2,(H,14,15). The number of alkyl halides is 1. The SMILES string of the molecule is O=C(O)c1ccc(F)c(C#CCCBr)c1. The van der Waals surface area contributed by atoms with E-state index in [1.54, 1.807) is 0 Å². The monoisotopic (exact) mass is 270 g/mol. The number of rotatable bonds is 2. The normalized spacial score (nSPS) is 9.20. The fraction of sp³-hybridized carbons (Fsp3) is 0.182. The van der Waals surface area contributed by atoms with Crippen LogP contribution in [0.1, 0.15) is 22.3 Å². The Bertz CT molecular complexity index is 432. The maximum atomic E-state index is 13.2. The zero-order valence-corrected chi connectivity index (χ0v) is 9.34. The van der Waals surface area contributed by atoms with E-state index in [4.69, 9.17) is 5.11 Å². The van der Waals surface area contributed by atoms with Crippen molar-refractivity contribution >= 4 is 21.9 Å². The molecule has 0 fully saturated rings. The molecule has 0 saturated carbocycles. The topological polar surface area (TPSA) is 37.3 Å². The number of carboxylic acid groups (broad SMARTS) is 1. The first-order valence-electron chi connectivity index (χ1n) is 4.23. The average molecular weight is 271 g/mol. The van der Waals surface area contributed by atoms with Gasteiger partial charge in [-0.15, -0.1) is 0 Å². The van der Waals surface area contributed by atoms with Crippen molar-refractivity contribution in [2.24, 2.45) is 0 Å². The van der Waals surface area contributed by atoms with Crippen molar-refractivity contribution in [1.82, 2.24) is 0 Å². The molecule has 1 N–H and O–H groups in total. The summed E-state index contributed by atoms with van der Waals surface area (Å²) in [5.74, 6) is 3.74. The first-order valence-corrected chi connectivity index (χ1v) is 5.35.